The van der Waals surface area contributed by atoms with Gasteiger partial charge < -0.3 is 5.11 Å². The lowest BCUT2D eigenvalue weighted by atomic mass is 9.78. The van der Waals surface area contributed by atoms with Crippen molar-refractivity contribution in [1.29, 1.82) is 0 Å². The Kier molecular flexibility index (Phi) is 3.25. The maximum atomic E-state index is 9.24. The van der Waals surface area contributed by atoms with E-state index in [0.717, 1.165) is 24.7 Å². The van der Waals surface area contributed by atoms with Crippen LogP contribution in [0, 0.1) is 17.3 Å². The van der Waals surface area contributed by atoms with Crippen LogP contribution in [0.15, 0.2) is 23.3 Å². The first-order valence-corrected chi connectivity index (χ1v) is 6.56. The zero-order chi connectivity index (χ0) is 11.8. The van der Waals surface area contributed by atoms with E-state index in [-0.39, 0.29) is 6.61 Å². The van der Waals surface area contributed by atoms with E-state index in [2.05, 4.69) is 32.9 Å². The summed E-state index contributed by atoms with van der Waals surface area (Å²) < 4.78 is 0. The van der Waals surface area contributed by atoms with Crippen molar-refractivity contribution >= 4 is 0 Å². The predicted octanol–water partition coefficient (Wildman–Crippen LogP) is 3.70. The molecule has 1 fully saturated rings. The molecule has 2 aliphatic rings. The summed E-state index contributed by atoms with van der Waals surface area (Å²) in [5, 5.41) is 9.24. The van der Waals surface area contributed by atoms with Gasteiger partial charge in [-0.15, -0.1) is 0 Å². The van der Waals surface area contributed by atoms with Crippen LogP contribution in [0.5, 0.6) is 0 Å². The van der Waals surface area contributed by atoms with Gasteiger partial charge in [0, 0.05) is 0 Å². The zero-order valence-corrected chi connectivity index (χ0v) is 10.8. The molecule has 16 heavy (non-hydrogen) atoms. The number of aliphatic hydroxyl groups is 1. The van der Waals surface area contributed by atoms with Gasteiger partial charge in [-0.05, 0) is 48.5 Å². The monoisotopic (exact) mass is 220 g/mol. The largest absolute Gasteiger partial charge is 0.392 e. The van der Waals surface area contributed by atoms with Crippen LogP contribution < -0.4 is 0 Å². The molecule has 0 unspecified atom stereocenters. The molecule has 2 aliphatic carbocycles. The number of fused-ring (bicyclic) bond motifs is 1. The van der Waals surface area contributed by atoms with Crippen LogP contribution in [0.1, 0.15) is 46.5 Å². The van der Waals surface area contributed by atoms with Crippen molar-refractivity contribution in [3.63, 3.8) is 0 Å². The van der Waals surface area contributed by atoms with Gasteiger partial charge in [-0.3, -0.25) is 0 Å². The molecule has 90 valence electrons. The SMILES string of the molecule is CC(C)[C@H]1CC[C@]2(C)CC=C(CO)CC=C12. The summed E-state index contributed by atoms with van der Waals surface area (Å²) in [6, 6.07) is 0. The van der Waals surface area contributed by atoms with Gasteiger partial charge in [0.2, 0.25) is 0 Å². The first-order chi connectivity index (χ1) is 7.57. The van der Waals surface area contributed by atoms with Crippen molar-refractivity contribution in [2.24, 2.45) is 17.3 Å². The Labute approximate surface area is 99.3 Å². The molecule has 0 amide bonds. The van der Waals surface area contributed by atoms with Gasteiger partial charge in [0.25, 0.3) is 0 Å². The quantitative estimate of drug-likeness (QED) is 0.704. The van der Waals surface area contributed by atoms with Crippen molar-refractivity contribution in [2.75, 3.05) is 6.61 Å². The summed E-state index contributed by atoms with van der Waals surface area (Å²) in [5.74, 6) is 1.53. The average molecular weight is 220 g/mol. The fourth-order valence-electron chi connectivity index (χ4n) is 3.35. The highest BCUT2D eigenvalue weighted by molar-refractivity contribution is 5.29. The van der Waals surface area contributed by atoms with E-state index in [0.29, 0.717) is 5.41 Å². The molecule has 2 rings (SSSR count). The van der Waals surface area contributed by atoms with Crippen LogP contribution in [0.25, 0.3) is 0 Å². The Bertz CT molecular complexity index is 324. The van der Waals surface area contributed by atoms with E-state index in [4.69, 9.17) is 0 Å². The van der Waals surface area contributed by atoms with Gasteiger partial charge in [-0.1, -0.05) is 38.5 Å². The van der Waals surface area contributed by atoms with Crippen LogP contribution in [-0.2, 0) is 0 Å². The molecule has 1 nitrogen and oxygen atoms in total. The number of hydrogen-bond acceptors (Lipinski definition) is 1. The molecule has 0 aromatic rings. The Morgan fingerprint density at radius 2 is 2.19 bits per heavy atom. The van der Waals surface area contributed by atoms with E-state index in [1.165, 1.54) is 18.4 Å². The average Bonchev–Trinajstić information content (AvgIpc) is 2.48. The lowest BCUT2D eigenvalue weighted by Crippen LogP contribution is -2.16. The Morgan fingerprint density at radius 3 is 2.81 bits per heavy atom. The minimum atomic E-state index is 0.228. The number of hydrogen-bond donors (Lipinski definition) is 1. The zero-order valence-electron chi connectivity index (χ0n) is 10.8. The first-order valence-electron chi connectivity index (χ1n) is 6.56. The third-order valence-corrected chi connectivity index (χ3v) is 4.54. The van der Waals surface area contributed by atoms with Crippen LogP contribution in [0.2, 0.25) is 0 Å². The highest BCUT2D eigenvalue weighted by Gasteiger charge is 2.40. The van der Waals surface area contributed by atoms with E-state index in [9.17, 15) is 5.11 Å². The molecule has 0 saturated heterocycles. The maximum Gasteiger partial charge on any atom is 0.0644 e. The van der Waals surface area contributed by atoms with Gasteiger partial charge in [-0.2, -0.15) is 0 Å². The maximum absolute atomic E-state index is 9.24. The molecule has 2 atom stereocenters. The van der Waals surface area contributed by atoms with E-state index < -0.39 is 0 Å². The normalized spacial score (nSPS) is 34.4. The van der Waals surface area contributed by atoms with Crippen molar-refractivity contribution < 1.29 is 5.11 Å². The summed E-state index contributed by atoms with van der Waals surface area (Å²) in [6.07, 6.45) is 9.43. The summed E-state index contributed by atoms with van der Waals surface area (Å²) in [4.78, 5) is 0. The summed E-state index contributed by atoms with van der Waals surface area (Å²) >= 11 is 0. The predicted molar refractivity (Wildman–Crippen MR) is 68.2 cm³/mol. The minimum Gasteiger partial charge on any atom is -0.392 e. The van der Waals surface area contributed by atoms with Crippen LogP contribution in [0.3, 0.4) is 0 Å². The van der Waals surface area contributed by atoms with Crippen LogP contribution in [0.4, 0.5) is 0 Å². The van der Waals surface area contributed by atoms with E-state index >= 15 is 0 Å². The second kappa shape index (κ2) is 4.37. The third-order valence-electron chi connectivity index (χ3n) is 4.54. The molecule has 1 saturated carbocycles. The summed E-state index contributed by atoms with van der Waals surface area (Å²) in [5.41, 5.74) is 3.25. The van der Waals surface area contributed by atoms with Gasteiger partial charge in [0.05, 0.1) is 6.61 Å². The molecular weight excluding hydrogens is 196 g/mol. The highest BCUT2D eigenvalue weighted by Crippen LogP contribution is 2.52. The molecule has 0 aromatic carbocycles. The molecule has 0 heterocycles. The molecule has 0 bridgehead atoms. The van der Waals surface area contributed by atoms with Crippen molar-refractivity contribution in [2.45, 2.75) is 46.5 Å². The standard InChI is InChI=1S/C15H24O/c1-11(2)13-7-9-15(3)8-6-12(10-16)4-5-14(13)15/h5-6,11,13,16H,4,7-10H2,1-3H3/t13-,15+/m1/s1. The van der Waals surface area contributed by atoms with Crippen LogP contribution in [-0.4, -0.2) is 11.7 Å². The van der Waals surface area contributed by atoms with E-state index in [1.807, 2.05) is 0 Å². The number of allylic oxidation sites excluding steroid dienone is 3. The summed E-state index contributed by atoms with van der Waals surface area (Å²) in [6.45, 7) is 7.30. The second-order valence-electron chi connectivity index (χ2n) is 6.04. The number of rotatable bonds is 2. The lowest BCUT2D eigenvalue weighted by Gasteiger charge is -2.27. The number of aliphatic hydroxyl groups excluding tert-OH is 1. The molecule has 0 aliphatic heterocycles. The molecule has 0 aromatic heterocycles. The molecule has 1 N–H and O–H groups in total. The highest BCUT2D eigenvalue weighted by atomic mass is 16.3. The fourth-order valence-corrected chi connectivity index (χ4v) is 3.35. The summed E-state index contributed by atoms with van der Waals surface area (Å²) in [7, 11) is 0. The van der Waals surface area contributed by atoms with Crippen molar-refractivity contribution in [3.05, 3.63) is 23.3 Å². The second-order valence-corrected chi connectivity index (χ2v) is 6.04. The molecular formula is C15H24O. The lowest BCUT2D eigenvalue weighted by molar-refractivity contribution is 0.328. The molecule has 0 spiro atoms. The van der Waals surface area contributed by atoms with Gasteiger partial charge in [0.1, 0.15) is 0 Å². The van der Waals surface area contributed by atoms with Gasteiger partial charge >= 0.3 is 0 Å². The topological polar surface area (TPSA) is 20.2 Å². The molecule has 1 heteroatoms. The van der Waals surface area contributed by atoms with Gasteiger partial charge in [0.15, 0.2) is 0 Å². The van der Waals surface area contributed by atoms with Crippen molar-refractivity contribution in [1.82, 2.24) is 0 Å². The smallest absolute Gasteiger partial charge is 0.0644 e. The minimum absolute atomic E-state index is 0.228. The third kappa shape index (κ3) is 1.98. The Morgan fingerprint density at radius 1 is 1.44 bits per heavy atom. The van der Waals surface area contributed by atoms with Crippen molar-refractivity contribution in [3.8, 4) is 0 Å². The molecule has 0 radical (unpaired) electrons. The van der Waals surface area contributed by atoms with Crippen LogP contribution >= 0.6 is 0 Å². The first kappa shape index (κ1) is 11.9. The Balaban J connectivity index is 2.26. The van der Waals surface area contributed by atoms with E-state index in [1.54, 1.807) is 5.57 Å². The fraction of sp³-hybridized carbons (Fsp3) is 0.733. The Hall–Kier alpha value is -0.560. The van der Waals surface area contributed by atoms with Gasteiger partial charge in [-0.25, -0.2) is 0 Å².